The molecule has 2 aromatic carbocycles. The Balaban J connectivity index is 1.62. The summed E-state index contributed by atoms with van der Waals surface area (Å²) in [6, 6.07) is 17.9. The SMILES string of the molecule is C=CC(C)(C)c1c(Cc2ccccc2)c2cc(OC3CCCC3)ccc2n1C(=O)CCc1cncc(F)c1. The molecule has 2 heterocycles. The molecule has 0 amide bonds. The number of aryl methyl sites for hydroxylation is 1. The predicted octanol–water partition coefficient (Wildman–Crippen LogP) is 7.82. The quantitative estimate of drug-likeness (QED) is 0.216. The van der Waals surface area contributed by atoms with E-state index in [1.54, 1.807) is 6.20 Å². The zero-order valence-corrected chi connectivity index (χ0v) is 22.3. The Bertz CT molecular complexity index is 1450. The lowest BCUT2D eigenvalue weighted by molar-refractivity contribution is 0.0902. The fraction of sp³-hybridized carbons (Fsp3) is 0.333. The highest BCUT2D eigenvalue weighted by molar-refractivity contribution is 5.97. The molecule has 1 aliphatic rings. The Morgan fingerprint density at radius 1 is 1.11 bits per heavy atom. The molecule has 196 valence electrons. The molecule has 1 fully saturated rings. The minimum Gasteiger partial charge on any atom is -0.490 e. The van der Waals surface area contributed by atoms with E-state index in [-0.39, 0.29) is 18.4 Å². The van der Waals surface area contributed by atoms with Crippen LogP contribution in [-0.2, 0) is 18.3 Å². The number of halogens is 1. The van der Waals surface area contributed by atoms with Gasteiger partial charge in [-0.15, -0.1) is 6.58 Å². The second kappa shape index (κ2) is 10.9. The number of carbonyl (C=O) groups is 1. The van der Waals surface area contributed by atoms with Gasteiger partial charge in [0.05, 0.1) is 17.8 Å². The van der Waals surface area contributed by atoms with E-state index in [4.69, 9.17) is 4.74 Å². The summed E-state index contributed by atoms with van der Waals surface area (Å²) < 4.78 is 21.9. The molecular weight excluding hydrogens is 475 g/mol. The van der Waals surface area contributed by atoms with Crippen LogP contribution in [0.3, 0.4) is 0 Å². The maximum atomic E-state index is 13.9. The van der Waals surface area contributed by atoms with E-state index in [9.17, 15) is 9.18 Å². The number of rotatable bonds is 9. The second-order valence-electron chi connectivity index (χ2n) is 10.9. The van der Waals surface area contributed by atoms with Gasteiger partial charge in [-0.2, -0.15) is 0 Å². The van der Waals surface area contributed by atoms with Crippen molar-refractivity contribution in [1.82, 2.24) is 9.55 Å². The second-order valence-corrected chi connectivity index (χ2v) is 10.9. The Morgan fingerprint density at radius 3 is 2.58 bits per heavy atom. The lowest BCUT2D eigenvalue weighted by atomic mass is 9.84. The fourth-order valence-corrected chi connectivity index (χ4v) is 5.57. The summed E-state index contributed by atoms with van der Waals surface area (Å²) >= 11 is 0. The maximum Gasteiger partial charge on any atom is 0.231 e. The zero-order valence-electron chi connectivity index (χ0n) is 22.3. The number of nitrogens with zero attached hydrogens (tertiary/aromatic N) is 2. The minimum absolute atomic E-state index is 0.0343. The molecule has 5 rings (SSSR count). The van der Waals surface area contributed by atoms with Gasteiger partial charge in [-0.1, -0.05) is 50.3 Å². The van der Waals surface area contributed by atoms with Crippen molar-refractivity contribution in [2.75, 3.05) is 0 Å². The molecule has 0 aliphatic heterocycles. The van der Waals surface area contributed by atoms with Gasteiger partial charge in [0.25, 0.3) is 0 Å². The summed E-state index contributed by atoms with van der Waals surface area (Å²) in [4.78, 5) is 17.9. The number of benzene rings is 2. The van der Waals surface area contributed by atoms with E-state index in [0.717, 1.165) is 40.8 Å². The van der Waals surface area contributed by atoms with Crippen LogP contribution in [0.4, 0.5) is 4.39 Å². The maximum absolute atomic E-state index is 13.9. The van der Waals surface area contributed by atoms with Crippen LogP contribution < -0.4 is 4.74 Å². The summed E-state index contributed by atoms with van der Waals surface area (Å²) in [6.45, 7) is 8.31. The summed E-state index contributed by atoms with van der Waals surface area (Å²) in [5.74, 6) is 0.417. The predicted molar refractivity (Wildman–Crippen MR) is 150 cm³/mol. The molecule has 0 unspecified atom stereocenters. The van der Waals surface area contributed by atoms with Crippen LogP contribution in [0.2, 0.25) is 0 Å². The van der Waals surface area contributed by atoms with Crippen LogP contribution in [0.15, 0.2) is 79.6 Å². The average Bonchev–Trinajstić information content (AvgIpc) is 3.54. The number of allylic oxidation sites excluding steroid dienone is 1. The van der Waals surface area contributed by atoms with Gasteiger partial charge in [0.15, 0.2) is 0 Å². The van der Waals surface area contributed by atoms with Crippen molar-refractivity contribution >= 4 is 16.8 Å². The number of hydrogen-bond acceptors (Lipinski definition) is 3. The zero-order chi connectivity index (χ0) is 26.7. The molecule has 1 saturated carbocycles. The monoisotopic (exact) mass is 510 g/mol. The summed E-state index contributed by atoms with van der Waals surface area (Å²) in [5, 5.41) is 1.02. The van der Waals surface area contributed by atoms with E-state index >= 15 is 0 Å². The summed E-state index contributed by atoms with van der Waals surface area (Å²) in [5.41, 5.74) is 4.32. The van der Waals surface area contributed by atoms with Gasteiger partial charge in [0.1, 0.15) is 11.6 Å². The number of ether oxygens (including phenoxy) is 1. The third-order valence-corrected chi connectivity index (χ3v) is 7.63. The van der Waals surface area contributed by atoms with E-state index < -0.39 is 11.2 Å². The lowest BCUT2D eigenvalue weighted by Crippen LogP contribution is -2.25. The number of fused-ring (bicyclic) bond motifs is 1. The third kappa shape index (κ3) is 5.42. The van der Waals surface area contributed by atoms with Crippen molar-refractivity contribution in [3.05, 3.63) is 108 Å². The first kappa shape index (κ1) is 25.9. The first-order valence-corrected chi connectivity index (χ1v) is 13.5. The molecule has 2 aromatic heterocycles. The van der Waals surface area contributed by atoms with Crippen LogP contribution in [0.1, 0.15) is 73.1 Å². The highest BCUT2D eigenvalue weighted by atomic mass is 19.1. The standard InChI is InChI=1S/C33H35FN2O2/c1-4-33(2,3)32-29(19-23-10-6-5-7-11-23)28-20-27(38-26-12-8-9-13-26)15-16-30(28)36(32)31(37)17-14-24-18-25(34)22-35-21-24/h4-7,10-11,15-16,18,20-22,26H,1,8-9,12-14,17,19H2,2-3H3. The Morgan fingerprint density at radius 2 is 1.87 bits per heavy atom. The molecule has 0 saturated heterocycles. The number of hydrogen-bond donors (Lipinski definition) is 0. The van der Waals surface area contributed by atoms with Crippen LogP contribution in [0.25, 0.3) is 10.9 Å². The van der Waals surface area contributed by atoms with E-state index in [2.05, 4.69) is 43.6 Å². The average molecular weight is 511 g/mol. The molecule has 0 spiro atoms. The van der Waals surface area contributed by atoms with Crippen molar-refractivity contribution in [1.29, 1.82) is 0 Å². The molecule has 1 aliphatic carbocycles. The van der Waals surface area contributed by atoms with Crippen molar-refractivity contribution < 1.29 is 13.9 Å². The molecule has 5 heteroatoms. The Labute approximate surface area is 224 Å². The van der Waals surface area contributed by atoms with Gasteiger partial charge >= 0.3 is 0 Å². The smallest absolute Gasteiger partial charge is 0.231 e. The Kier molecular flexibility index (Phi) is 7.46. The largest absolute Gasteiger partial charge is 0.490 e. The van der Waals surface area contributed by atoms with Crippen LogP contribution in [0, 0.1) is 5.82 Å². The summed E-state index contributed by atoms with van der Waals surface area (Å²) in [7, 11) is 0. The van der Waals surface area contributed by atoms with Crippen LogP contribution >= 0.6 is 0 Å². The Hall–Kier alpha value is -3.73. The molecule has 38 heavy (non-hydrogen) atoms. The molecule has 0 atom stereocenters. The minimum atomic E-state index is -0.467. The number of pyridine rings is 1. The lowest BCUT2D eigenvalue weighted by Gasteiger charge is -2.25. The van der Waals surface area contributed by atoms with Crippen LogP contribution in [-0.4, -0.2) is 21.6 Å². The van der Waals surface area contributed by atoms with Gasteiger partial charge < -0.3 is 4.74 Å². The topological polar surface area (TPSA) is 44.1 Å². The fourth-order valence-electron chi connectivity index (χ4n) is 5.57. The number of carbonyl (C=O) groups excluding carboxylic acids is 1. The highest BCUT2D eigenvalue weighted by Crippen LogP contribution is 2.39. The van der Waals surface area contributed by atoms with Crippen molar-refractivity contribution in [3.63, 3.8) is 0 Å². The van der Waals surface area contributed by atoms with Gasteiger partial charge in [-0.25, -0.2) is 4.39 Å². The molecule has 0 radical (unpaired) electrons. The molecule has 0 bridgehead atoms. The van der Waals surface area contributed by atoms with Crippen molar-refractivity contribution in [2.45, 2.75) is 70.3 Å². The van der Waals surface area contributed by atoms with Gasteiger partial charge in [0, 0.05) is 29.1 Å². The molecule has 4 aromatic rings. The highest BCUT2D eigenvalue weighted by Gasteiger charge is 2.31. The van der Waals surface area contributed by atoms with E-state index in [0.29, 0.717) is 18.4 Å². The molecule has 4 nitrogen and oxygen atoms in total. The normalized spacial score (nSPS) is 14.2. The summed E-state index contributed by atoms with van der Waals surface area (Å²) in [6.07, 6.45) is 10.9. The third-order valence-electron chi connectivity index (χ3n) is 7.63. The van der Waals surface area contributed by atoms with Gasteiger partial charge in [-0.05, 0) is 79.5 Å². The number of aromatic nitrogens is 2. The molecular formula is C33H35FN2O2. The van der Waals surface area contributed by atoms with Crippen molar-refractivity contribution in [3.8, 4) is 5.75 Å². The van der Waals surface area contributed by atoms with Crippen LogP contribution in [0.5, 0.6) is 5.75 Å². The first-order chi connectivity index (χ1) is 18.4. The van der Waals surface area contributed by atoms with E-state index in [1.165, 1.54) is 30.7 Å². The van der Waals surface area contributed by atoms with Crippen molar-refractivity contribution in [2.24, 2.45) is 0 Å². The molecule has 0 N–H and O–H groups in total. The van der Waals surface area contributed by atoms with E-state index in [1.807, 2.05) is 41.0 Å². The van der Waals surface area contributed by atoms with Gasteiger partial charge in [-0.3, -0.25) is 14.3 Å². The first-order valence-electron chi connectivity index (χ1n) is 13.5. The van der Waals surface area contributed by atoms with Gasteiger partial charge in [0.2, 0.25) is 5.91 Å².